The van der Waals surface area contributed by atoms with Gasteiger partial charge >= 0.3 is 0 Å². The van der Waals surface area contributed by atoms with Crippen LogP contribution in [0.5, 0.6) is 11.5 Å². The van der Waals surface area contributed by atoms with Gasteiger partial charge in [-0.3, -0.25) is 0 Å². The Morgan fingerprint density at radius 3 is 2.43 bits per heavy atom. The summed E-state index contributed by atoms with van der Waals surface area (Å²) in [4.78, 5) is 0. The Hall–Kier alpha value is -0.450. The number of rotatable bonds is 5. The van der Waals surface area contributed by atoms with E-state index in [2.05, 4.69) is 28.7 Å². The molecule has 0 aromatic heterocycles. The maximum absolute atomic E-state index is 5.23. The number of hydrogen-bond donors (Lipinski definition) is 0. The summed E-state index contributed by atoms with van der Waals surface area (Å²) in [7, 11) is 3.32. The van der Waals surface area contributed by atoms with Crippen LogP contribution in [0.15, 0.2) is 18.2 Å². The molecule has 1 rings (SSSR count). The van der Waals surface area contributed by atoms with E-state index in [0.717, 1.165) is 17.9 Å². The summed E-state index contributed by atoms with van der Waals surface area (Å²) in [5.41, 5.74) is 1.30. The quantitative estimate of drug-likeness (QED) is 0.615. The van der Waals surface area contributed by atoms with Crippen molar-refractivity contribution in [1.29, 1.82) is 0 Å². The Kier molecular flexibility index (Phi) is 5.07. The predicted octanol–water partition coefficient (Wildman–Crippen LogP) is 3.07. The Balaban J connectivity index is 2.79. The molecule has 0 unspecified atom stereocenters. The first-order chi connectivity index (χ1) is 6.81. The van der Waals surface area contributed by atoms with Crippen LogP contribution >= 0.6 is 22.6 Å². The van der Waals surface area contributed by atoms with Crippen LogP contribution in [0.2, 0.25) is 0 Å². The van der Waals surface area contributed by atoms with Crippen molar-refractivity contribution in [2.24, 2.45) is 0 Å². The van der Waals surface area contributed by atoms with Crippen LogP contribution in [0.1, 0.15) is 12.0 Å². The molecular weight excluding hydrogens is 291 g/mol. The molecule has 0 spiro atoms. The zero-order chi connectivity index (χ0) is 10.4. The molecule has 0 aliphatic carbocycles. The van der Waals surface area contributed by atoms with E-state index in [-0.39, 0.29) is 0 Å². The first kappa shape index (κ1) is 11.6. The molecule has 0 radical (unpaired) electrons. The highest BCUT2D eigenvalue weighted by Gasteiger charge is 2.03. The summed E-state index contributed by atoms with van der Waals surface area (Å²) in [6.07, 6.45) is 2.30. The van der Waals surface area contributed by atoms with Crippen molar-refractivity contribution >= 4 is 22.6 Å². The van der Waals surface area contributed by atoms with Crippen LogP contribution in [0.25, 0.3) is 0 Å². The Labute approximate surface area is 98.7 Å². The first-order valence-electron chi connectivity index (χ1n) is 4.58. The third-order valence-electron chi connectivity index (χ3n) is 2.05. The normalized spacial score (nSPS) is 9.93. The maximum Gasteiger partial charge on any atom is 0.160 e. The van der Waals surface area contributed by atoms with Gasteiger partial charge in [0.05, 0.1) is 14.2 Å². The second-order valence-electron chi connectivity index (χ2n) is 2.98. The third kappa shape index (κ3) is 3.04. The molecule has 14 heavy (non-hydrogen) atoms. The Bertz CT molecular complexity index is 287. The van der Waals surface area contributed by atoms with Crippen molar-refractivity contribution in [2.75, 3.05) is 18.6 Å². The largest absolute Gasteiger partial charge is 0.493 e. The topological polar surface area (TPSA) is 18.5 Å². The van der Waals surface area contributed by atoms with Crippen LogP contribution in [-0.2, 0) is 6.42 Å². The molecule has 1 aromatic carbocycles. The number of hydrogen-bond acceptors (Lipinski definition) is 2. The monoisotopic (exact) mass is 306 g/mol. The van der Waals surface area contributed by atoms with Gasteiger partial charge in [0.15, 0.2) is 11.5 Å². The van der Waals surface area contributed by atoms with Crippen molar-refractivity contribution in [3.05, 3.63) is 23.8 Å². The average Bonchev–Trinajstić information content (AvgIpc) is 2.25. The third-order valence-corrected chi connectivity index (χ3v) is 2.81. The summed E-state index contributed by atoms with van der Waals surface area (Å²) >= 11 is 2.39. The van der Waals surface area contributed by atoms with Crippen LogP contribution in [0.3, 0.4) is 0 Å². The molecule has 0 fully saturated rings. The molecule has 0 N–H and O–H groups in total. The van der Waals surface area contributed by atoms with E-state index in [4.69, 9.17) is 9.47 Å². The lowest BCUT2D eigenvalue weighted by molar-refractivity contribution is 0.354. The molecule has 0 saturated carbocycles. The zero-order valence-electron chi connectivity index (χ0n) is 8.55. The lowest BCUT2D eigenvalue weighted by atomic mass is 10.1. The SMILES string of the molecule is COc1ccc(CCCI)cc1OC. The van der Waals surface area contributed by atoms with Crippen molar-refractivity contribution in [1.82, 2.24) is 0 Å². The second-order valence-corrected chi connectivity index (χ2v) is 4.06. The zero-order valence-corrected chi connectivity index (χ0v) is 10.7. The average molecular weight is 306 g/mol. The highest BCUT2D eigenvalue weighted by molar-refractivity contribution is 14.1. The summed E-state index contributed by atoms with van der Waals surface area (Å²) in [5.74, 6) is 1.61. The minimum Gasteiger partial charge on any atom is -0.493 e. The first-order valence-corrected chi connectivity index (χ1v) is 6.11. The number of halogens is 1. The standard InChI is InChI=1S/C11H15IO2/c1-13-10-6-5-9(4-3-7-12)8-11(10)14-2/h5-6,8H,3-4,7H2,1-2H3. The highest BCUT2D eigenvalue weighted by atomic mass is 127. The summed E-state index contributed by atoms with van der Waals surface area (Å²) < 4.78 is 11.6. The van der Waals surface area contributed by atoms with Crippen LogP contribution in [-0.4, -0.2) is 18.6 Å². The van der Waals surface area contributed by atoms with Gasteiger partial charge < -0.3 is 9.47 Å². The highest BCUT2D eigenvalue weighted by Crippen LogP contribution is 2.27. The Morgan fingerprint density at radius 2 is 1.86 bits per heavy atom. The van der Waals surface area contributed by atoms with E-state index >= 15 is 0 Å². The van der Waals surface area contributed by atoms with E-state index in [1.165, 1.54) is 16.4 Å². The molecule has 0 aliphatic rings. The molecule has 78 valence electrons. The molecule has 0 bridgehead atoms. The number of benzene rings is 1. The number of aryl methyl sites for hydroxylation is 1. The van der Waals surface area contributed by atoms with Gasteiger partial charge in [0.2, 0.25) is 0 Å². The van der Waals surface area contributed by atoms with E-state index in [1.807, 2.05) is 12.1 Å². The van der Waals surface area contributed by atoms with E-state index in [1.54, 1.807) is 14.2 Å². The second kappa shape index (κ2) is 6.11. The van der Waals surface area contributed by atoms with Crippen molar-refractivity contribution in [3.63, 3.8) is 0 Å². The Morgan fingerprint density at radius 1 is 1.14 bits per heavy atom. The minimum atomic E-state index is 0.797. The van der Waals surface area contributed by atoms with Crippen LogP contribution < -0.4 is 9.47 Å². The predicted molar refractivity (Wildman–Crippen MR) is 66.8 cm³/mol. The van der Waals surface area contributed by atoms with Gasteiger partial charge in [-0.05, 0) is 35.0 Å². The lowest BCUT2D eigenvalue weighted by Crippen LogP contribution is -1.93. The van der Waals surface area contributed by atoms with Crippen molar-refractivity contribution in [3.8, 4) is 11.5 Å². The van der Waals surface area contributed by atoms with Gasteiger partial charge in [0.1, 0.15) is 0 Å². The maximum atomic E-state index is 5.23. The van der Waals surface area contributed by atoms with Gasteiger partial charge in [-0.1, -0.05) is 28.7 Å². The number of methoxy groups -OCH3 is 2. The van der Waals surface area contributed by atoms with Gasteiger partial charge in [0.25, 0.3) is 0 Å². The molecule has 0 heterocycles. The summed E-state index contributed by atoms with van der Waals surface area (Å²) in [5, 5.41) is 0. The van der Waals surface area contributed by atoms with Crippen molar-refractivity contribution < 1.29 is 9.47 Å². The summed E-state index contributed by atoms with van der Waals surface area (Å²) in [6.45, 7) is 0. The van der Waals surface area contributed by atoms with Gasteiger partial charge in [-0.15, -0.1) is 0 Å². The smallest absolute Gasteiger partial charge is 0.160 e. The fourth-order valence-corrected chi connectivity index (χ4v) is 1.69. The minimum absolute atomic E-state index is 0.797. The van der Waals surface area contributed by atoms with Gasteiger partial charge in [0, 0.05) is 0 Å². The summed E-state index contributed by atoms with van der Waals surface area (Å²) in [6, 6.07) is 6.10. The molecule has 0 atom stereocenters. The molecule has 0 amide bonds. The molecule has 0 saturated heterocycles. The van der Waals surface area contributed by atoms with E-state index < -0.39 is 0 Å². The van der Waals surface area contributed by atoms with Crippen LogP contribution in [0, 0.1) is 0 Å². The van der Waals surface area contributed by atoms with Crippen LogP contribution in [0.4, 0.5) is 0 Å². The lowest BCUT2D eigenvalue weighted by Gasteiger charge is -2.08. The molecule has 3 heteroatoms. The number of alkyl halides is 1. The number of ether oxygens (including phenoxy) is 2. The molecule has 2 nitrogen and oxygen atoms in total. The van der Waals surface area contributed by atoms with E-state index in [9.17, 15) is 0 Å². The molecule has 1 aromatic rings. The van der Waals surface area contributed by atoms with E-state index in [0.29, 0.717) is 0 Å². The molecular formula is C11H15IO2. The fourth-order valence-electron chi connectivity index (χ4n) is 1.31. The molecule has 0 aliphatic heterocycles. The van der Waals surface area contributed by atoms with Gasteiger partial charge in [-0.2, -0.15) is 0 Å². The fraction of sp³-hybridized carbons (Fsp3) is 0.455. The van der Waals surface area contributed by atoms with Crippen molar-refractivity contribution in [2.45, 2.75) is 12.8 Å². The van der Waals surface area contributed by atoms with Gasteiger partial charge in [-0.25, -0.2) is 0 Å².